The maximum Gasteiger partial charge on any atom is 0.150 e. The van der Waals surface area contributed by atoms with Gasteiger partial charge in [-0.15, -0.1) is 0 Å². The first-order valence-corrected chi connectivity index (χ1v) is 3.20. The van der Waals surface area contributed by atoms with Gasteiger partial charge >= 0.3 is 0 Å². The molecule has 0 aliphatic rings. The van der Waals surface area contributed by atoms with Crippen molar-refractivity contribution in [3.05, 3.63) is 0 Å². The van der Waals surface area contributed by atoms with Crippen LogP contribution in [0.2, 0.25) is 0 Å². The number of hydrogen-bond acceptors (Lipinski definition) is 3. The summed E-state index contributed by atoms with van der Waals surface area (Å²) in [6.07, 6.45) is 1.41. The Morgan fingerprint density at radius 3 is 2.56 bits per heavy atom. The van der Waals surface area contributed by atoms with Gasteiger partial charge in [-0.1, -0.05) is 6.92 Å². The second-order valence-corrected chi connectivity index (χ2v) is 2.06. The normalized spacial score (nSPS) is 13.2. The van der Waals surface area contributed by atoms with Crippen LogP contribution in [0, 0.1) is 0 Å². The van der Waals surface area contributed by atoms with E-state index in [4.69, 9.17) is 11.5 Å². The van der Waals surface area contributed by atoms with E-state index in [9.17, 15) is 4.79 Å². The number of rotatable bonds is 4. The van der Waals surface area contributed by atoms with Gasteiger partial charge in [-0.3, -0.25) is 4.79 Å². The van der Waals surface area contributed by atoms with Gasteiger partial charge in [0.2, 0.25) is 0 Å². The van der Waals surface area contributed by atoms with E-state index in [0.717, 1.165) is 6.42 Å². The molecule has 1 atom stereocenters. The van der Waals surface area contributed by atoms with Crippen LogP contribution in [0.15, 0.2) is 0 Å². The standard InChI is InChI=1S/C6H14N2O/c1-2-3-6(9)5(8)4-7/h5H,2-4,7-8H2,1H3/t5-/m0/s1. The van der Waals surface area contributed by atoms with Crippen LogP contribution < -0.4 is 11.5 Å². The summed E-state index contributed by atoms with van der Waals surface area (Å²) < 4.78 is 0. The summed E-state index contributed by atoms with van der Waals surface area (Å²) in [4.78, 5) is 10.8. The number of carbonyl (C=O) groups is 1. The van der Waals surface area contributed by atoms with Gasteiger partial charge in [0.25, 0.3) is 0 Å². The Balaban J connectivity index is 3.46. The van der Waals surface area contributed by atoms with Gasteiger partial charge in [0, 0.05) is 13.0 Å². The second-order valence-electron chi connectivity index (χ2n) is 2.06. The molecule has 0 spiro atoms. The predicted molar refractivity (Wildman–Crippen MR) is 36.9 cm³/mol. The zero-order chi connectivity index (χ0) is 7.28. The average Bonchev–Trinajstić information content (AvgIpc) is 1.87. The molecule has 54 valence electrons. The van der Waals surface area contributed by atoms with Crippen molar-refractivity contribution in [2.75, 3.05) is 6.54 Å². The molecule has 3 nitrogen and oxygen atoms in total. The quantitative estimate of drug-likeness (QED) is 0.546. The highest BCUT2D eigenvalue weighted by molar-refractivity contribution is 5.83. The zero-order valence-electron chi connectivity index (χ0n) is 5.76. The Morgan fingerprint density at radius 1 is 1.67 bits per heavy atom. The first-order valence-electron chi connectivity index (χ1n) is 3.20. The lowest BCUT2D eigenvalue weighted by Crippen LogP contribution is -2.37. The van der Waals surface area contributed by atoms with Crippen molar-refractivity contribution in [2.45, 2.75) is 25.8 Å². The van der Waals surface area contributed by atoms with Gasteiger partial charge in [-0.05, 0) is 6.42 Å². The van der Waals surface area contributed by atoms with Crippen LogP contribution in [0.5, 0.6) is 0 Å². The zero-order valence-corrected chi connectivity index (χ0v) is 5.76. The monoisotopic (exact) mass is 130 g/mol. The van der Waals surface area contributed by atoms with Gasteiger partial charge in [-0.2, -0.15) is 0 Å². The van der Waals surface area contributed by atoms with Gasteiger partial charge in [-0.25, -0.2) is 0 Å². The molecular formula is C6H14N2O. The predicted octanol–water partition coefficient (Wildman–Crippen LogP) is -0.358. The summed E-state index contributed by atoms with van der Waals surface area (Å²) in [5.74, 6) is 0.0694. The van der Waals surface area contributed by atoms with Crippen LogP contribution in [0.4, 0.5) is 0 Å². The van der Waals surface area contributed by atoms with Crippen molar-refractivity contribution in [1.82, 2.24) is 0 Å². The lowest BCUT2D eigenvalue weighted by molar-refractivity contribution is -0.120. The maximum atomic E-state index is 10.8. The Morgan fingerprint density at radius 2 is 2.22 bits per heavy atom. The average molecular weight is 130 g/mol. The van der Waals surface area contributed by atoms with E-state index in [0.29, 0.717) is 6.42 Å². The molecule has 0 radical (unpaired) electrons. The molecule has 0 fully saturated rings. The summed E-state index contributed by atoms with van der Waals surface area (Å²) in [6.45, 7) is 2.21. The molecule has 0 unspecified atom stereocenters. The fourth-order valence-electron chi connectivity index (χ4n) is 0.563. The second kappa shape index (κ2) is 4.47. The van der Waals surface area contributed by atoms with Crippen LogP contribution in [0.1, 0.15) is 19.8 Å². The van der Waals surface area contributed by atoms with E-state index < -0.39 is 6.04 Å². The molecule has 0 amide bonds. The molecule has 3 heteroatoms. The highest BCUT2D eigenvalue weighted by Crippen LogP contribution is 1.90. The summed E-state index contributed by atoms with van der Waals surface area (Å²) >= 11 is 0. The maximum absolute atomic E-state index is 10.8. The van der Waals surface area contributed by atoms with E-state index >= 15 is 0 Å². The highest BCUT2D eigenvalue weighted by Gasteiger charge is 2.08. The van der Waals surface area contributed by atoms with Crippen molar-refractivity contribution in [3.63, 3.8) is 0 Å². The van der Waals surface area contributed by atoms with Crippen molar-refractivity contribution in [1.29, 1.82) is 0 Å². The third kappa shape index (κ3) is 3.21. The number of carbonyl (C=O) groups excluding carboxylic acids is 1. The Kier molecular flexibility index (Phi) is 4.26. The topological polar surface area (TPSA) is 69.1 Å². The highest BCUT2D eigenvalue weighted by atomic mass is 16.1. The van der Waals surface area contributed by atoms with Crippen molar-refractivity contribution < 1.29 is 4.79 Å². The van der Waals surface area contributed by atoms with Crippen molar-refractivity contribution >= 4 is 5.78 Å². The third-order valence-electron chi connectivity index (χ3n) is 1.16. The molecule has 9 heavy (non-hydrogen) atoms. The van der Waals surface area contributed by atoms with Crippen LogP contribution in [-0.4, -0.2) is 18.4 Å². The third-order valence-corrected chi connectivity index (χ3v) is 1.16. The lowest BCUT2D eigenvalue weighted by atomic mass is 10.1. The van der Waals surface area contributed by atoms with Crippen LogP contribution in [-0.2, 0) is 4.79 Å². The van der Waals surface area contributed by atoms with E-state index in [-0.39, 0.29) is 12.3 Å². The van der Waals surface area contributed by atoms with E-state index in [2.05, 4.69) is 0 Å². The number of nitrogens with two attached hydrogens (primary N) is 2. The molecule has 0 aromatic rings. The molecule has 4 N–H and O–H groups in total. The minimum absolute atomic E-state index is 0.0694. The molecule has 0 aromatic heterocycles. The van der Waals surface area contributed by atoms with Crippen molar-refractivity contribution in [2.24, 2.45) is 11.5 Å². The Hall–Kier alpha value is -0.410. The fourth-order valence-corrected chi connectivity index (χ4v) is 0.563. The molecule has 0 aliphatic carbocycles. The minimum Gasteiger partial charge on any atom is -0.328 e. The van der Waals surface area contributed by atoms with Gasteiger partial charge < -0.3 is 11.5 Å². The Bertz CT molecular complexity index is 93.1. The largest absolute Gasteiger partial charge is 0.328 e. The number of ketones is 1. The van der Waals surface area contributed by atoms with E-state index in [1.54, 1.807) is 0 Å². The molecule has 0 aliphatic heterocycles. The molecule has 0 saturated carbocycles. The molecule has 0 bridgehead atoms. The molecule has 0 saturated heterocycles. The van der Waals surface area contributed by atoms with Crippen LogP contribution in [0.3, 0.4) is 0 Å². The summed E-state index contributed by atoms with van der Waals surface area (Å²) in [5, 5.41) is 0. The van der Waals surface area contributed by atoms with Gasteiger partial charge in [0.15, 0.2) is 5.78 Å². The van der Waals surface area contributed by atoms with Gasteiger partial charge in [0.05, 0.1) is 6.04 Å². The number of Topliss-reactive ketones (excluding diaryl/α,β-unsaturated/α-hetero) is 1. The molecule has 0 rings (SSSR count). The summed E-state index contributed by atoms with van der Waals surface area (Å²) in [5.41, 5.74) is 10.5. The van der Waals surface area contributed by atoms with Crippen LogP contribution in [0.25, 0.3) is 0 Å². The SMILES string of the molecule is CCCC(=O)[C@@H](N)CN. The smallest absolute Gasteiger partial charge is 0.150 e. The molecular weight excluding hydrogens is 116 g/mol. The number of hydrogen-bond donors (Lipinski definition) is 2. The van der Waals surface area contributed by atoms with Gasteiger partial charge in [0.1, 0.15) is 0 Å². The summed E-state index contributed by atoms with van der Waals surface area (Å²) in [7, 11) is 0. The van der Waals surface area contributed by atoms with Crippen molar-refractivity contribution in [3.8, 4) is 0 Å². The lowest BCUT2D eigenvalue weighted by Gasteiger charge is -2.04. The first-order chi connectivity index (χ1) is 4.22. The van der Waals surface area contributed by atoms with E-state index in [1.807, 2.05) is 6.92 Å². The van der Waals surface area contributed by atoms with Crippen LogP contribution >= 0.6 is 0 Å². The Labute approximate surface area is 55.4 Å². The summed E-state index contributed by atoms with van der Waals surface area (Å²) in [6, 6.07) is -0.440. The molecule has 0 heterocycles. The van der Waals surface area contributed by atoms with E-state index in [1.165, 1.54) is 0 Å². The fraction of sp³-hybridized carbons (Fsp3) is 0.833. The first kappa shape index (κ1) is 8.59. The molecule has 0 aromatic carbocycles. The minimum atomic E-state index is -0.440.